The molecule has 0 aliphatic heterocycles. The minimum absolute atomic E-state index is 0.109. The number of fused-ring (bicyclic) bond motifs is 2. The van der Waals surface area contributed by atoms with Crippen LogP contribution in [0.3, 0.4) is 0 Å². The van der Waals surface area contributed by atoms with Crippen LogP contribution in [0.5, 0.6) is 5.75 Å². The second kappa shape index (κ2) is 8.53. The molecular formula is C33H24O. The van der Waals surface area contributed by atoms with Gasteiger partial charge in [-0.3, -0.25) is 0 Å². The van der Waals surface area contributed by atoms with Gasteiger partial charge in [-0.05, 0) is 49.9 Å². The molecule has 6 rings (SSSR count). The number of rotatable bonds is 4. The summed E-state index contributed by atoms with van der Waals surface area (Å²) in [5.74, 6) is 0.214. The van der Waals surface area contributed by atoms with Gasteiger partial charge >= 0.3 is 0 Å². The zero-order valence-electron chi connectivity index (χ0n) is 18.7. The molecule has 0 amide bonds. The molecule has 6 aromatic carbocycles. The summed E-state index contributed by atoms with van der Waals surface area (Å²) in [5.41, 5.74) is 5.67. The van der Waals surface area contributed by atoms with Gasteiger partial charge in [-0.1, -0.05) is 127 Å². The Bertz CT molecular complexity index is 1590. The Morgan fingerprint density at radius 1 is 0.441 bits per heavy atom. The lowest BCUT2D eigenvalue weighted by Gasteiger charge is -2.24. The molecule has 0 aliphatic rings. The van der Waals surface area contributed by atoms with Crippen LogP contribution in [0.15, 0.2) is 133 Å². The average molecular weight is 437 g/mol. The van der Waals surface area contributed by atoms with Gasteiger partial charge in [0.15, 0.2) is 0 Å². The molecule has 0 aliphatic carbocycles. The Labute approximate surface area is 199 Å². The van der Waals surface area contributed by atoms with Gasteiger partial charge in [-0.15, -0.1) is 0 Å². The van der Waals surface area contributed by atoms with E-state index in [0.717, 1.165) is 21.9 Å². The first-order chi connectivity index (χ1) is 16.8. The first kappa shape index (κ1) is 20.3. The van der Waals surface area contributed by atoms with Crippen molar-refractivity contribution >= 4 is 21.5 Å². The molecule has 162 valence electrons. The van der Waals surface area contributed by atoms with E-state index in [1.54, 1.807) is 0 Å². The molecule has 0 saturated heterocycles. The summed E-state index contributed by atoms with van der Waals surface area (Å²) in [6.45, 7) is 0. The van der Waals surface area contributed by atoms with E-state index in [4.69, 9.17) is 0 Å². The normalized spacial score (nSPS) is 12.1. The summed E-state index contributed by atoms with van der Waals surface area (Å²) in [5, 5.41) is 15.8. The number of benzene rings is 6. The standard InChI is InChI=1S/C33H24O/c34-31-22-21-26-12-5-7-15-29(26)33(31)32(30-16-8-13-25-11-4-6-14-28(25)30)27-19-17-24(18-20-27)23-9-2-1-3-10-23/h1-22,32,34H. The molecule has 1 nitrogen and oxygen atoms in total. The first-order valence-electron chi connectivity index (χ1n) is 11.6. The van der Waals surface area contributed by atoms with Crippen molar-refractivity contribution in [2.75, 3.05) is 0 Å². The van der Waals surface area contributed by atoms with Crippen LogP contribution in [0.2, 0.25) is 0 Å². The van der Waals surface area contributed by atoms with Crippen molar-refractivity contribution in [1.82, 2.24) is 0 Å². The fraction of sp³-hybridized carbons (Fsp3) is 0.0303. The quantitative estimate of drug-likeness (QED) is 0.274. The number of phenols is 1. The lowest BCUT2D eigenvalue weighted by atomic mass is 9.80. The van der Waals surface area contributed by atoms with E-state index in [1.165, 1.54) is 27.5 Å². The zero-order valence-corrected chi connectivity index (χ0v) is 18.7. The van der Waals surface area contributed by atoms with Crippen LogP contribution in [0, 0.1) is 0 Å². The summed E-state index contributed by atoms with van der Waals surface area (Å²) >= 11 is 0. The molecule has 0 radical (unpaired) electrons. The maximum absolute atomic E-state index is 11.2. The Hall–Kier alpha value is -4.36. The van der Waals surface area contributed by atoms with Crippen molar-refractivity contribution in [3.05, 3.63) is 150 Å². The molecule has 34 heavy (non-hydrogen) atoms. The van der Waals surface area contributed by atoms with Gasteiger partial charge in [0, 0.05) is 11.5 Å². The van der Waals surface area contributed by atoms with Crippen LogP contribution >= 0.6 is 0 Å². The number of phenolic OH excluding ortho intramolecular Hbond substituents is 1. The van der Waals surface area contributed by atoms with Gasteiger partial charge < -0.3 is 5.11 Å². The molecule has 1 N–H and O–H groups in total. The van der Waals surface area contributed by atoms with E-state index in [1.807, 2.05) is 30.3 Å². The van der Waals surface area contributed by atoms with Crippen molar-refractivity contribution in [3.63, 3.8) is 0 Å². The van der Waals surface area contributed by atoms with Crippen molar-refractivity contribution in [1.29, 1.82) is 0 Å². The molecule has 0 saturated carbocycles. The maximum Gasteiger partial charge on any atom is 0.120 e. The molecular weight excluding hydrogens is 412 g/mol. The lowest BCUT2D eigenvalue weighted by Crippen LogP contribution is -2.06. The van der Waals surface area contributed by atoms with Crippen LogP contribution in [-0.2, 0) is 0 Å². The van der Waals surface area contributed by atoms with Crippen molar-refractivity contribution in [2.24, 2.45) is 0 Å². The minimum atomic E-state index is -0.109. The van der Waals surface area contributed by atoms with Crippen LogP contribution in [-0.4, -0.2) is 5.11 Å². The van der Waals surface area contributed by atoms with E-state index >= 15 is 0 Å². The number of hydrogen-bond acceptors (Lipinski definition) is 1. The third-order valence-electron chi connectivity index (χ3n) is 6.72. The summed E-state index contributed by atoms with van der Waals surface area (Å²) < 4.78 is 0. The summed E-state index contributed by atoms with van der Waals surface area (Å²) in [7, 11) is 0. The van der Waals surface area contributed by atoms with Crippen LogP contribution in [0.1, 0.15) is 22.6 Å². The predicted octanol–water partition coefficient (Wildman–Crippen LogP) is 8.55. The van der Waals surface area contributed by atoms with Crippen LogP contribution in [0.4, 0.5) is 0 Å². The topological polar surface area (TPSA) is 20.2 Å². The molecule has 0 spiro atoms. The highest BCUT2D eigenvalue weighted by Gasteiger charge is 2.24. The molecule has 6 aromatic rings. The minimum Gasteiger partial charge on any atom is -0.508 e. The summed E-state index contributed by atoms with van der Waals surface area (Å²) in [6, 6.07) is 46.3. The van der Waals surface area contributed by atoms with Gasteiger partial charge in [-0.2, -0.15) is 0 Å². The van der Waals surface area contributed by atoms with Gasteiger partial charge in [0.05, 0.1) is 0 Å². The first-order valence-corrected chi connectivity index (χ1v) is 11.6. The fourth-order valence-electron chi connectivity index (χ4n) is 5.09. The van der Waals surface area contributed by atoms with Crippen molar-refractivity contribution in [3.8, 4) is 16.9 Å². The van der Waals surface area contributed by atoms with Gasteiger partial charge in [0.2, 0.25) is 0 Å². The zero-order chi connectivity index (χ0) is 22.9. The Kier molecular flexibility index (Phi) is 5.08. The van der Waals surface area contributed by atoms with Crippen LogP contribution < -0.4 is 0 Å². The van der Waals surface area contributed by atoms with Gasteiger partial charge in [0.25, 0.3) is 0 Å². The van der Waals surface area contributed by atoms with Gasteiger partial charge in [-0.25, -0.2) is 0 Å². The number of hydrogen-bond donors (Lipinski definition) is 1. The van der Waals surface area contributed by atoms with Gasteiger partial charge in [0.1, 0.15) is 5.75 Å². The van der Waals surface area contributed by atoms with E-state index in [9.17, 15) is 5.11 Å². The van der Waals surface area contributed by atoms with Crippen molar-refractivity contribution < 1.29 is 5.11 Å². The second-order valence-electron chi connectivity index (χ2n) is 8.71. The monoisotopic (exact) mass is 436 g/mol. The second-order valence-corrected chi connectivity index (χ2v) is 8.71. The molecule has 0 fully saturated rings. The summed E-state index contributed by atoms with van der Waals surface area (Å²) in [4.78, 5) is 0. The molecule has 1 heteroatoms. The Morgan fingerprint density at radius 2 is 1.03 bits per heavy atom. The van der Waals surface area contributed by atoms with E-state index < -0.39 is 0 Å². The molecule has 0 heterocycles. The van der Waals surface area contributed by atoms with E-state index in [0.29, 0.717) is 5.75 Å². The highest BCUT2D eigenvalue weighted by atomic mass is 16.3. The molecule has 0 bridgehead atoms. The maximum atomic E-state index is 11.2. The van der Waals surface area contributed by atoms with E-state index in [-0.39, 0.29) is 5.92 Å². The highest BCUT2D eigenvalue weighted by Crippen LogP contribution is 2.43. The SMILES string of the molecule is Oc1ccc2ccccc2c1C(c1ccc(-c2ccccc2)cc1)c1cccc2ccccc12. The Balaban J connectivity index is 1.61. The average Bonchev–Trinajstić information content (AvgIpc) is 2.91. The van der Waals surface area contributed by atoms with Crippen molar-refractivity contribution in [2.45, 2.75) is 5.92 Å². The molecule has 0 aromatic heterocycles. The highest BCUT2D eigenvalue weighted by molar-refractivity contribution is 5.92. The fourth-order valence-corrected chi connectivity index (χ4v) is 5.09. The van der Waals surface area contributed by atoms with Crippen LogP contribution in [0.25, 0.3) is 32.7 Å². The predicted molar refractivity (Wildman–Crippen MR) is 142 cm³/mol. The molecule has 1 unspecified atom stereocenters. The Morgan fingerprint density at radius 3 is 1.79 bits per heavy atom. The number of aromatic hydroxyl groups is 1. The molecule has 1 atom stereocenters. The lowest BCUT2D eigenvalue weighted by molar-refractivity contribution is 0.468. The third kappa shape index (κ3) is 3.52. The van der Waals surface area contributed by atoms with E-state index in [2.05, 4.69) is 103 Å². The summed E-state index contributed by atoms with van der Waals surface area (Å²) in [6.07, 6.45) is 0. The third-order valence-corrected chi connectivity index (χ3v) is 6.72. The largest absolute Gasteiger partial charge is 0.508 e. The smallest absolute Gasteiger partial charge is 0.120 e.